The van der Waals surface area contributed by atoms with Crippen molar-refractivity contribution >= 4 is 34.8 Å². The fourth-order valence-corrected chi connectivity index (χ4v) is 3.57. The van der Waals surface area contributed by atoms with E-state index in [9.17, 15) is 14.0 Å². The maximum absolute atomic E-state index is 13.1. The van der Waals surface area contributed by atoms with Crippen molar-refractivity contribution in [2.45, 2.75) is 6.42 Å². The largest absolute Gasteiger partial charge is 0.368 e. The first-order valence-electron chi connectivity index (χ1n) is 9.93. The molecule has 0 atom stereocenters. The number of amides is 2. The normalized spacial score (nSPS) is 14.1. The van der Waals surface area contributed by atoms with E-state index in [4.69, 9.17) is 11.6 Å². The average Bonchev–Trinajstić information content (AvgIpc) is 2.74. The lowest BCUT2D eigenvalue weighted by atomic mass is 10.2. The molecule has 1 heterocycles. The van der Waals surface area contributed by atoms with Crippen LogP contribution in [0.3, 0.4) is 0 Å². The van der Waals surface area contributed by atoms with Crippen LogP contribution in [0, 0.1) is 5.82 Å². The summed E-state index contributed by atoms with van der Waals surface area (Å²) >= 11 is 6.05. The predicted octanol–water partition coefficient (Wildman–Crippen LogP) is 3.09. The molecule has 3 rings (SSSR count). The molecule has 160 valence electrons. The lowest BCUT2D eigenvalue weighted by molar-refractivity contribution is -0.132. The van der Waals surface area contributed by atoms with E-state index in [1.54, 1.807) is 36.4 Å². The van der Waals surface area contributed by atoms with Crippen molar-refractivity contribution < 1.29 is 14.0 Å². The van der Waals surface area contributed by atoms with Gasteiger partial charge in [-0.05, 0) is 43.4 Å². The summed E-state index contributed by atoms with van der Waals surface area (Å²) in [6.07, 6.45) is 0.354. The Hall–Kier alpha value is -2.64. The van der Waals surface area contributed by atoms with Gasteiger partial charge in [-0.15, -0.1) is 0 Å². The van der Waals surface area contributed by atoms with Crippen LogP contribution in [0.25, 0.3) is 0 Å². The number of likely N-dealkylation sites (N-methyl/N-ethyl adjacent to an activating group) is 1. The molecular weight excluding hydrogens is 407 g/mol. The van der Waals surface area contributed by atoms with Gasteiger partial charge in [-0.2, -0.15) is 0 Å². The summed E-state index contributed by atoms with van der Waals surface area (Å²) in [7, 11) is 1.81. The lowest BCUT2D eigenvalue weighted by Crippen LogP contribution is -2.49. The van der Waals surface area contributed by atoms with Crippen molar-refractivity contribution in [3.63, 3.8) is 0 Å². The second-order valence-corrected chi connectivity index (χ2v) is 7.77. The molecule has 1 fully saturated rings. The van der Waals surface area contributed by atoms with Gasteiger partial charge in [0.1, 0.15) is 5.82 Å². The van der Waals surface area contributed by atoms with Crippen molar-refractivity contribution in [1.82, 2.24) is 9.80 Å². The summed E-state index contributed by atoms with van der Waals surface area (Å²) in [5, 5.41) is 3.27. The van der Waals surface area contributed by atoms with E-state index < -0.39 is 0 Å². The van der Waals surface area contributed by atoms with Gasteiger partial charge >= 0.3 is 0 Å². The van der Waals surface area contributed by atoms with Crippen molar-refractivity contribution in [1.29, 1.82) is 0 Å². The van der Waals surface area contributed by atoms with E-state index in [1.807, 2.05) is 16.8 Å². The Balaban J connectivity index is 1.38. The summed E-state index contributed by atoms with van der Waals surface area (Å²) in [4.78, 5) is 30.5. The minimum Gasteiger partial charge on any atom is -0.368 e. The highest BCUT2D eigenvalue weighted by atomic mass is 35.5. The van der Waals surface area contributed by atoms with Crippen molar-refractivity contribution in [2.24, 2.45) is 0 Å². The molecule has 0 radical (unpaired) electrons. The highest BCUT2D eigenvalue weighted by Crippen LogP contribution is 2.20. The first-order valence-corrected chi connectivity index (χ1v) is 10.3. The monoisotopic (exact) mass is 432 g/mol. The van der Waals surface area contributed by atoms with Gasteiger partial charge in [0.25, 0.3) is 0 Å². The molecule has 0 bridgehead atoms. The molecule has 2 aromatic carbocycles. The summed E-state index contributed by atoms with van der Waals surface area (Å²) in [6, 6.07) is 13.5. The van der Waals surface area contributed by atoms with Crippen LogP contribution in [0.1, 0.15) is 6.42 Å². The van der Waals surface area contributed by atoms with Crippen molar-refractivity contribution in [3.05, 3.63) is 59.4 Å². The fourth-order valence-electron chi connectivity index (χ4n) is 3.39. The van der Waals surface area contributed by atoms with Crippen LogP contribution in [0.5, 0.6) is 0 Å². The van der Waals surface area contributed by atoms with Gasteiger partial charge in [-0.3, -0.25) is 14.5 Å². The van der Waals surface area contributed by atoms with E-state index in [1.165, 1.54) is 12.1 Å². The molecule has 0 aromatic heterocycles. The Morgan fingerprint density at radius 1 is 1.07 bits per heavy atom. The molecule has 0 saturated carbocycles. The quantitative estimate of drug-likeness (QED) is 0.730. The number of nitrogens with zero attached hydrogens (tertiary/aromatic N) is 3. The van der Waals surface area contributed by atoms with Gasteiger partial charge in [-0.25, -0.2) is 4.39 Å². The Labute approximate surface area is 181 Å². The van der Waals surface area contributed by atoms with Gasteiger partial charge in [0.05, 0.1) is 17.3 Å². The van der Waals surface area contributed by atoms with E-state index in [0.29, 0.717) is 49.9 Å². The standard InChI is InChI=1S/C22H26ClFN4O2/c1-26(16-21(29)25-20-5-3-2-4-19(20)23)11-10-22(30)28-14-12-27(13-15-28)18-8-6-17(24)7-9-18/h2-9H,10-16H2,1H3,(H,25,29). The van der Waals surface area contributed by atoms with Crippen LogP contribution in [0.4, 0.5) is 15.8 Å². The van der Waals surface area contributed by atoms with E-state index >= 15 is 0 Å². The van der Waals surface area contributed by atoms with E-state index in [0.717, 1.165) is 5.69 Å². The molecule has 30 heavy (non-hydrogen) atoms. The number of carbonyl (C=O) groups excluding carboxylic acids is 2. The molecule has 0 unspecified atom stereocenters. The number of anilines is 2. The number of nitrogens with one attached hydrogen (secondary N) is 1. The molecule has 8 heteroatoms. The second kappa shape index (κ2) is 10.4. The number of halogens is 2. The third kappa shape index (κ3) is 6.18. The Morgan fingerprint density at radius 3 is 2.40 bits per heavy atom. The van der Waals surface area contributed by atoms with Gasteiger partial charge in [0, 0.05) is 44.8 Å². The van der Waals surface area contributed by atoms with Gasteiger partial charge in [-0.1, -0.05) is 23.7 Å². The van der Waals surface area contributed by atoms with Gasteiger partial charge in [0.2, 0.25) is 11.8 Å². The maximum Gasteiger partial charge on any atom is 0.238 e. The smallest absolute Gasteiger partial charge is 0.238 e. The summed E-state index contributed by atoms with van der Waals surface area (Å²) in [5.74, 6) is -0.352. The third-order valence-corrected chi connectivity index (χ3v) is 5.42. The number of carbonyl (C=O) groups is 2. The Morgan fingerprint density at radius 2 is 1.73 bits per heavy atom. The highest BCUT2D eigenvalue weighted by molar-refractivity contribution is 6.33. The number of hydrogen-bond donors (Lipinski definition) is 1. The van der Waals surface area contributed by atoms with Crippen LogP contribution in [-0.2, 0) is 9.59 Å². The zero-order chi connectivity index (χ0) is 21.5. The van der Waals surface area contributed by atoms with Crippen molar-refractivity contribution in [2.75, 3.05) is 56.5 Å². The zero-order valence-electron chi connectivity index (χ0n) is 17.0. The molecule has 0 aliphatic carbocycles. The number of rotatable bonds is 7. The number of benzene rings is 2. The van der Waals surface area contributed by atoms with E-state index in [-0.39, 0.29) is 24.2 Å². The Kier molecular flexibility index (Phi) is 7.65. The minimum atomic E-state index is -0.253. The molecular formula is C22H26ClFN4O2. The molecule has 1 N–H and O–H groups in total. The molecule has 2 aromatic rings. The van der Waals surface area contributed by atoms with Gasteiger partial charge in [0.15, 0.2) is 0 Å². The number of hydrogen-bond acceptors (Lipinski definition) is 4. The second-order valence-electron chi connectivity index (χ2n) is 7.36. The first-order chi connectivity index (χ1) is 14.4. The summed E-state index contributed by atoms with van der Waals surface area (Å²) < 4.78 is 13.1. The first kappa shape index (κ1) is 22.1. The molecule has 0 spiro atoms. The minimum absolute atomic E-state index is 0.0760. The number of para-hydroxylation sites is 1. The SMILES string of the molecule is CN(CCC(=O)N1CCN(c2ccc(F)cc2)CC1)CC(=O)Nc1ccccc1Cl. The van der Waals surface area contributed by atoms with Crippen LogP contribution >= 0.6 is 11.6 Å². The van der Waals surface area contributed by atoms with Crippen LogP contribution in [-0.4, -0.2) is 67.9 Å². The van der Waals surface area contributed by atoms with E-state index in [2.05, 4.69) is 10.2 Å². The molecule has 1 aliphatic heterocycles. The Bertz CT molecular complexity index is 870. The molecule has 1 saturated heterocycles. The average molecular weight is 433 g/mol. The maximum atomic E-state index is 13.1. The lowest BCUT2D eigenvalue weighted by Gasteiger charge is -2.36. The number of piperazine rings is 1. The van der Waals surface area contributed by atoms with Crippen LogP contribution < -0.4 is 10.2 Å². The summed E-state index contributed by atoms with van der Waals surface area (Å²) in [6.45, 7) is 3.37. The molecule has 6 nitrogen and oxygen atoms in total. The molecule has 2 amide bonds. The van der Waals surface area contributed by atoms with Gasteiger partial charge < -0.3 is 15.1 Å². The van der Waals surface area contributed by atoms with Crippen LogP contribution in [0.15, 0.2) is 48.5 Å². The third-order valence-electron chi connectivity index (χ3n) is 5.09. The zero-order valence-corrected chi connectivity index (χ0v) is 17.7. The fraction of sp³-hybridized carbons (Fsp3) is 0.364. The van der Waals surface area contributed by atoms with Crippen molar-refractivity contribution in [3.8, 4) is 0 Å². The van der Waals surface area contributed by atoms with Crippen LogP contribution in [0.2, 0.25) is 5.02 Å². The molecule has 1 aliphatic rings. The predicted molar refractivity (Wildman–Crippen MR) is 117 cm³/mol. The summed E-state index contributed by atoms with van der Waals surface area (Å²) in [5.41, 5.74) is 1.54. The topological polar surface area (TPSA) is 55.9 Å². The highest BCUT2D eigenvalue weighted by Gasteiger charge is 2.21.